The maximum absolute atomic E-state index is 6.28. The van der Waals surface area contributed by atoms with Crippen LogP contribution in [-0.4, -0.2) is 30.2 Å². The molecule has 3 aromatic heterocycles. The van der Waals surface area contributed by atoms with Crippen molar-refractivity contribution in [3.8, 4) is 28.3 Å². The van der Waals surface area contributed by atoms with Gasteiger partial charge in [0.2, 0.25) is 5.82 Å². The first-order chi connectivity index (χ1) is 12.2. The lowest BCUT2D eigenvalue weighted by molar-refractivity contribution is 0.717. The Labute approximate surface area is 153 Å². The molecule has 0 saturated carbocycles. The molecule has 0 radical (unpaired) electrons. The highest BCUT2D eigenvalue weighted by Crippen LogP contribution is 2.34. The summed E-state index contributed by atoms with van der Waals surface area (Å²) in [6.45, 7) is 0. The smallest absolute Gasteiger partial charge is 0.223 e. The molecule has 0 aliphatic heterocycles. The van der Waals surface area contributed by atoms with Crippen molar-refractivity contribution in [1.29, 1.82) is 0 Å². The molecule has 0 unspecified atom stereocenters. The van der Waals surface area contributed by atoms with Crippen LogP contribution in [0, 0.1) is 0 Å². The lowest BCUT2D eigenvalue weighted by Gasteiger charge is -2.07. The van der Waals surface area contributed by atoms with E-state index in [0.717, 1.165) is 5.56 Å². The summed E-state index contributed by atoms with van der Waals surface area (Å²) in [6, 6.07) is 12.7. The third kappa shape index (κ3) is 3.09. The predicted octanol–water partition coefficient (Wildman–Crippen LogP) is 4.09. The number of benzene rings is 1. The van der Waals surface area contributed by atoms with E-state index < -0.39 is 0 Å². The van der Waals surface area contributed by atoms with Crippen molar-refractivity contribution >= 4 is 23.2 Å². The Kier molecular flexibility index (Phi) is 4.13. The Morgan fingerprint density at radius 2 is 1.76 bits per heavy atom. The van der Waals surface area contributed by atoms with Crippen LogP contribution in [0.1, 0.15) is 0 Å². The minimum absolute atomic E-state index is 0.432. The Bertz CT molecular complexity index is 1010. The molecule has 1 aromatic carbocycles. The zero-order valence-electron chi connectivity index (χ0n) is 12.7. The molecule has 0 aliphatic carbocycles. The largest absolute Gasteiger partial charge is 0.262 e. The molecule has 25 heavy (non-hydrogen) atoms. The molecule has 4 rings (SSSR count). The fraction of sp³-hybridized carbons (Fsp3) is 0. The second kappa shape index (κ2) is 6.58. The van der Waals surface area contributed by atoms with Crippen LogP contribution in [-0.2, 0) is 0 Å². The molecule has 4 aromatic rings. The number of hydrogen-bond acceptors (Lipinski definition) is 5. The molecule has 0 fully saturated rings. The number of halogens is 2. The van der Waals surface area contributed by atoms with Crippen molar-refractivity contribution in [1.82, 2.24) is 30.2 Å². The Hall–Kier alpha value is -2.83. The van der Waals surface area contributed by atoms with Crippen molar-refractivity contribution in [2.24, 2.45) is 0 Å². The first kappa shape index (κ1) is 15.7. The lowest BCUT2D eigenvalue weighted by Crippen LogP contribution is -2.00. The SMILES string of the molecule is Clc1cccc(Cl)c1-c1cncc(-n2nnc(-c3ccccn3)n2)c1. The highest BCUT2D eigenvalue weighted by Gasteiger charge is 2.12. The van der Waals surface area contributed by atoms with E-state index in [-0.39, 0.29) is 0 Å². The maximum atomic E-state index is 6.28. The molecule has 0 N–H and O–H groups in total. The first-order valence-corrected chi connectivity index (χ1v) is 8.09. The summed E-state index contributed by atoms with van der Waals surface area (Å²) in [6.07, 6.45) is 5.00. The number of aromatic nitrogens is 6. The van der Waals surface area contributed by atoms with Gasteiger partial charge in [-0.05, 0) is 35.5 Å². The van der Waals surface area contributed by atoms with E-state index in [9.17, 15) is 0 Å². The Morgan fingerprint density at radius 3 is 2.52 bits per heavy atom. The third-order valence-corrected chi connectivity index (χ3v) is 4.14. The zero-order chi connectivity index (χ0) is 17.2. The van der Waals surface area contributed by atoms with Gasteiger partial charge in [0.25, 0.3) is 0 Å². The van der Waals surface area contributed by atoms with Crippen LogP contribution >= 0.6 is 23.2 Å². The van der Waals surface area contributed by atoms with Crippen LogP contribution in [0.3, 0.4) is 0 Å². The van der Waals surface area contributed by atoms with Gasteiger partial charge in [0.05, 0.1) is 6.20 Å². The average molecular weight is 369 g/mol. The van der Waals surface area contributed by atoms with Crippen molar-refractivity contribution < 1.29 is 0 Å². The van der Waals surface area contributed by atoms with Crippen LogP contribution in [0.4, 0.5) is 0 Å². The molecule has 0 amide bonds. The molecule has 0 saturated heterocycles. The highest BCUT2D eigenvalue weighted by atomic mass is 35.5. The second-order valence-corrected chi connectivity index (χ2v) is 5.96. The van der Waals surface area contributed by atoms with Gasteiger partial charge >= 0.3 is 0 Å². The maximum Gasteiger partial charge on any atom is 0.223 e. The number of nitrogens with zero attached hydrogens (tertiary/aromatic N) is 6. The quantitative estimate of drug-likeness (QED) is 0.544. The van der Waals surface area contributed by atoms with E-state index >= 15 is 0 Å². The summed E-state index contributed by atoms with van der Waals surface area (Å²) in [4.78, 5) is 9.85. The molecule has 6 nitrogen and oxygen atoms in total. The van der Waals surface area contributed by atoms with Crippen molar-refractivity contribution in [2.45, 2.75) is 0 Å². The molecule has 3 heterocycles. The minimum Gasteiger partial charge on any atom is -0.262 e. The summed E-state index contributed by atoms with van der Waals surface area (Å²) >= 11 is 12.6. The number of tetrazole rings is 1. The van der Waals surface area contributed by atoms with E-state index in [4.69, 9.17) is 23.2 Å². The predicted molar refractivity (Wildman–Crippen MR) is 95.6 cm³/mol. The van der Waals surface area contributed by atoms with Gasteiger partial charge in [0, 0.05) is 33.6 Å². The topological polar surface area (TPSA) is 69.4 Å². The van der Waals surface area contributed by atoms with Crippen LogP contribution in [0.5, 0.6) is 0 Å². The van der Waals surface area contributed by atoms with Gasteiger partial charge in [-0.2, -0.15) is 0 Å². The fourth-order valence-corrected chi connectivity index (χ4v) is 2.98. The summed E-state index contributed by atoms with van der Waals surface area (Å²) in [7, 11) is 0. The number of pyridine rings is 2. The average Bonchev–Trinajstić information content (AvgIpc) is 3.13. The van der Waals surface area contributed by atoms with E-state index in [2.05, 4.69) is 25.4 Å². The first-order valence-electron chi connectivity index (χ1n) is 7.33. The van der Waals surface area contributed by atoms with Crippen molar-refractivity contribution in [3.63, 3.8) is 0 Å². The van der Waals surface area contributed by atoms with Crippen LogP contribution < -0.4 is 0 Å². The highest BCUT2D eigenvalue weighted by molar-refractivity contribution is 6.39. The van der Waals surface area contributed by atoms with E-state index in [1.54, 1.807) is 36.8 Å². The van der Waals surface area contributed by atoms with E-state index in [0.29, 0.717) is 32.8 Å². The van der Waals surface area contributed by atoms with Gasteiger partial charge in [0.15, 0.2) is 0 Å². The molecule has 0 atom stereocenters. The molecule has 0 spiro atoms. The zero-order valence-corrected chi connectivity index (χ0v) is 14.2. The lowest BCUT2D eigenvalue weighted by atomic mass is 10.1. The van der Waals surface area contributed by atoms with Gasteiger partial charge in [-0.15, -0.1) is 15.0 Å². The van der Waals surface area contributed by atoms with Gasteiger partial charge < -0.3 is 0 Å². The molecule has 0 aliphatic rings. The van der Waals surface area contributed by atoms with Gasteiger partial charge in [-0.3, -0.25) is 9.97 Å². The fourth-order valence-electron chi connectivity index (χ4n) is 2.37. The summed E-state index contributed by atoms with van der Waals surface area (Å²) in [5, 5.41) is 13.6. The standard InChI is InChI=1S/C17H10Cl2N6/c18-13-4-3-5-14(19)16(13)11-8-12(10-20-9-11)25-23-17(22-24-25)15-6-1-2-7-21-15/h1-10H. The second-order valence-electron chi connectivity index (χ2n) is 5.15. The van der Waals surface area contributed by atoms with Crippen LogP contribution in [0.2, 0.25) is 10.0 Å². The third-order valence-electron chi connectivity index (χ3n) is 3.51. The Morgan fingerprint density at radius 1 is 0.920 bits per heavy atom. The molecule has 0 bridgehead atoms. The number of rotatable bonds is 3. The van der Waals surface area contributed by atoms with Crippen molar-refractivity contribution in [2.75, 3.05) is 0 Å². The minimum atomic E-state index is 0.432. The monoisotopic (exact) mass is 368 g/mol. The summed E-state index contributed by atoms with van der Waals surface area (Å²) in [5.41, 5.74) is 2.77. The normalized spacial score (nSPS) is 10.8. The van der Waals surface area contributed by atoms with Gasteiger partial charge in [-0.1, -0.05) is 35.3 Å². The summed E-state index contributed by atoms with van der Waals surface area (Å²) in [5.74, 6) is 0.432. The van der Waals surface area contributed by atoms with E-state index in [1.165, 1.54) is 4.80 Å². The number of hydrogen-bond donors (Lipinski definition) is 0. The molecular weight excluding hydrogens is 359 g/mol. The van der Waals surface area contributed by atoms with Crippen LogP contribution in [0.15, 0.2) is 61.1 Å². The van der Waals surface area contributed by atoms with Crippen LogP contribution in [0.25, 0.3) is 28.3 Å². The molecular formula is C17H10Cl2N6. The van der Waals surface area contributed by atoms with Crippen molar-refractivity contribution in [3.05, 3.63) is 71.1 Å². The van der Waals surface area contributed by atoms with Gasteiger partial charge in [0.1, 0.15) is 11.4 Å². The van der Waals surface area contributed by atoms with E-state index in [1.807, 2.05) is 24.3 Å². The molecule has 8 heteroatoms. The Balaban J connectivity index is 1.75. The summed E-state index contributed by atoms with van der Waals surface area (Å²) < 4.78 is 0. The molecule has 122 valence electrons. The van der Waals surface area contributed by atoms with Gasteiger partial charge in [-0.25, -0.2) is 0 Å².